The first kappa shape index (κ1) is 10.5. The zero-order chi connectivity index (χ0) is 12.5. The van der Waals surface area contributed by atoms with Crippen LogP contribution < -0.4 is 11.5 Å². The van der Waals surface area contributed by atoms with Gasteiger partial charge >= 0.3 is 0 Å². The topological polar surface area (TPSA) is 77.8 Å². The van der Waals surface area contributed by atoms with E-state index >= 15 is 0 Å². The van der Waals surface area contributed by atoms with Crippen molar-refractivity contribution >= 4 is 22.5 Å². The molecule has 0 saturated heterocycles. The van der Waals surface area contributed by atoms with E-state index in [9.17, 15) is 0 Å². The number of nitrogens with two attached hydrogens (primary N) is 2. The number of hydrogen-bond donors (Lipinski definition) is 2. The Labute approximate surface area is 104 Å². The Bertz CT molecular complexity index is 708. The molecule has 18 heavy (non-hydrogen) atoms. The average Bonchev–Trinajstić information content (AvgIpc) is 2.40. The number of fused-ring (bicyclic) bond motifs is 1. The van der Waals surface area contributed by atoms with Gasteiger partial charge in [-0.2, -0.15) is 0 Å². The van der Waals surface area contributed by atoms with Crippen LogP contribution in [0.15, 0.2) is 48.5 Å². The van der Waals surface area contributed by atoms with Crippen LogP contribution in [0.2, 0.25) is 0 Å². The van der Waals surface area contributed by atoms with Crippen LogP contribution in [0.1, 0.15) is 0 Å². The van der Waals surface area contributed by atoms with Crippen molar-refractivity contribution in [1.29, 1.82) is 0 Å². The van der Waals surface area contributed by atoms with Crippen LogP contribution in [0.25, 0.3) is 22.3 Å². The molecule has 1 aromatic heterocycles. The van der Waals surface area contributed by atoms with Gasteiger partial charge in [-0.15, -0.1) is 0 Å². The van der Waals surface area contributed by atoms with Gasteiger partial charge in [-0.3, -0.25) is 0 Å². The molecule has 88 valence electrons. The summed E-state index contributed by atoms with van der Waals surface area (Å²) in [6.45, 7) is 0. The summed E-state index contributed by atoms with van der Waals surface area (Å²) in [7, 11) is 0. The van der Waals surface area contributed by atoms with Crippen molar-refractivity contribution < 1.29 is 0 Å². The number of nitrogen functional groups attached to an aromatic ring is 2. The highest BCUT2D eigenvalue weighted by Crippen LogP contribution is 2.26. The van der Waals surface area contributed by atoms with E-state index in [0.717, 1.165) is 11.1 Å². The SMILES string of the molecule is Nc1nc2c(N)cccc2nc1-c1ccccc1. The summed E-state index contributed by atoms with van der Waals surface area (Å²) < 4.78 is 0. The van der Waals surface area contributed by atoms with E-state index in [0.29, 0.717) is 22.7 Å². The molecule has 2 aromatic carbocycles. The van der Waals surface area contributed by atoms with Gasteiger partial charge in [0.15, 0.2) is 5.82 Å². The molecule has 1 heterocycles. The molecular weight excluding hydrogens is 224 g/mol. The maximum atomic E-state index is 5.96. The Balaban J connectivity index is 2.29. The molecule has 0 spiro atoms. The van der Waals surface area contributed by atoms with Crippen molar-refractivity contribution in [2.45, 2.75) is 0 Å². The molecule has 0 radical (unpaired) electrons. The molecule has 0 unspecified atom stereocenters. The van der Waals surface area contributed by atoms with E-state index in [1.54, 1.807) is 6.07 Å². The van der Waals surface area contributed by atoms with E-state index in [1.165, 1.54) is 0 Å². The van der Waals surface area contributed by atoms with Crippen molar-refractivity contribution in [2.24, 2.45) is 0 Å². The largest absolute Gasteiger partial charge is 0.397 e. The van der Waals surface area contributed by atoms with Gasteiger partial charge in [-0.25, -0.2) is 9.97 Å². The third-order valence-electron chi connectivity index (χ3n) is 2.80. The van der Waals surface area contributed by atoms with Gasteiger partial charge in [-0.1, -0.05) is 36.4 Å². The fraction of sp³-hybridized carbons (Fsp3) is 0. The molecule has 0 aliphatic rings. The van der Waals surface area contributed by atoms with Gasteiger partial charge in [0, 0.05) is 5.56 Å². The molecule has 0 bridgehead atoms. The van der Waals surface area contributed by atoms with Gasteiger partial charge in [0.25, 0.3) is 0 Å². The number of rotatable bonds is 1. The van der Waals surface area contributed by atoms with Crippen LogP contribution in [0, 0.1) is 0 Å². The normalized spacial score (nSPS) is 10.7. The predicted octanol–water partition coefficient (Wildman–Crippen LogP) is 2.46. The Kier molecular flexibility index (Phi) is 2.34. The number of hydrogen-bond acceptors (Lipinski definition) is 4. The molecule has 0 aliphatic heterocycles. The molecule has 4 heteroatoms. The van der Waals surface area contributed by atoms with E-state index < -0.39 is 0 Å². The van der Waals surface area contributed by atoms with Crippen molar-refractivity contribution in [2.75, 3.05) is 11.5 Å². The molecule has 3 aromatic rings. The van der Waals surface area contributed by atoms with Gasteiger partial charge in [0.2, 0.25) is 0 Å². The molecule has 0 atom stereocenters. The van der Waals surface area contributed by atoms with Crippen LogP contribution in [0.4, 0.5) is 11.5 Å². The Hall–Kier alpha value is -2.62. The van der Waals surface area contributed by atoms with Gasteiger partial charge in [0.05, 0.1) is 11.2 Å². The first-order chi connectivity index (χ1) is 8.75. The summed E-state index contributed by atoms with van der Waals surface area (Å²) in [6, 6.07) is 15.3. The molecule has 4 N–H and O–H groups in total. The minimum Gasteiger partial charge on any atom is -0.397 e. The number of anilines is 2. The van der Waals surface area contributed by atoms with E-state index in [4.69, 9.17) is 11.5 Å². The van der Waals surface area contributed by atoms with Crippen molar-refractivity contribution in [3.05, 3.63) is 48.5 Å². The first-order valence-corrected chi connectivity index (χ1v) is 5.63. The lowest BCUT2D eigenvalue weighted by atomic mass is 10.1. The maximum absolute atomic E-state index is 5.96. The summed E-state index contributed by atoms with van der Waals surface area (Å²) in [5.74, 6) is 0.395. The lowest BCUT2D eigenvalue weighted by molar-refractivity contribution is 1.30. The second kappa shape index (κ2) is 4.00. The first-order valence-electron chi connectivity index (χ1n) is 5.63. The Morgan fingerprint density at radius 1 is 0.778 bits per heavy atom. The molecule has 0 amide bonds. The monoisotopic (exact) mass is 236 g/mol. The summed E-state index contributed by atoms with van der Waals surface area (Å²) in [6.07, 6.45) is 0. The van der Waals surface area contributed by atoms with Crippen LogP contribution in [-0.4, -0.2) is 9.97 Å². The molecule has 4 nitrogen and oxygen atoms in total. The second-order valence-electron chi connectivity index (χ2n) is 4.04. The van der Waals surface area contributed by atoms with E-state index in [-0.39, 0.29) is 0 Å². The summed E-state index contributed by atoms with van der Waals surface area (Å²) in [4.78, 5) is 8.88. The quantitative estimate of drug-likeness (QED) is 0.636. The highest BCUT2D eigenvalue weighted by Gasteiger charge is 2.09. The van der Waals surface area contributed by atoms with Crippen molar-refractivity contribution in [3.8, 4) is 11.3 Å². The standard InChI is InChI=1S/C14H12N4/c15-10-7-4-8-11-13(10)18-14(16)12(17-11)9-5-2-1-3-6-9/h1-8H,15H2,(H2,16,18). The summed E-state index contributed by atoms with van der Waals surface area (Å²) in [5, 5.41) is 0. The van der Waals surface area contributed by atoms with Crippen molar-refractivity contribution in [3.63, 3.8) is 0 Å². The van der Waals surface area contributed by atoms with E-state index in [1.807, 2.05) is 42.5 Å². The van der Waals surface area contributed by atoms with Crippen LogP contribution in [-0.2, 0) is 0 Å². The van der Waals surface area contributed by atoms with Gasteiger partial charge < -0.3 is 11.5 Å². The Morgan fingerprint density at radius 3 is 2.33 bits per heavy atom. The van der Waals surface area contributed by atoms with Crippen molar-refractivity contribution in [1.82, 2.24) is 9.97 Å². The Morgan fingerprint density at radius 2 is 1.56 bits per heavy atom. The number of nitrogens with zero attached hydrogens (tertiary/aromatic N) is 2. The van der Waals surface area contributed by atoms with Gasteiger partial charge in [0.1, 0.15) is 11.2 Å². The summed E-state index contributed by atoms with van der Waals surface area (Å²) in [5.41, 5.74) is 15.4. The molecule has 0 saturated carbocycles. The summed E-state index contributed by atoms with van der Waals surface area (Å²) >= 11 is 0. The molecule has 0 fully saturated rings. The molecular formula is C14H12N4. The van der Waals surface area contributed by atoms with Gasteiger partial charge in [-0.05, 0) is 12.1 Å². The highest BCUT2D eigenvalue weighted by atomic mass is 14.9. The fourth-order valence-electron chi connectivity index (χ4n) is 1.92. The van der Waals surface area contributed by atoms with Crippen LogP contribution >= 0.6 is 0 Å². The number of benzene rings is 2. The number of para-hydroxylation sites is 1. The third-order valence-corrected chi connectivity index (χ3v) is 2.80. The third kappa shape index (κ3) is 1.64. The molecule has 0 aliphatic carbocycles. The maximum Gasteiger partial charge on any atom is 0.150 e. The predicted molar refractivity (Wildman–Crippen MR) is 73.8 cm³/mol. The van der Waals surface area contributed by atoms with Crippen LogP contribution in [0.3, 0.4) is 0 Å². The number of aromatic nitrogens is 2. The minimum atomic E-state index is 0.395. The highest BCUT2D eigenvalue weighted by molar-refractivity contribution is 5.90. The smallest absolute Gasteiger partial charge is 0.150 e. The lowest BCUT2D eigenvalue weighted by Gasteiger charge is -2.07. The second-order valence-corrected chi connectivity index (χ2v) is 4.04. The average molecular weight is 236 g/mol. The van der Waals surface area contributed by atoms with E-state index in [2.05, 4.69) is 9.97 Å². The fourth-order valence-corrected chi connectivity index (χ4v) is 1.92. The van der Waals surface area contributed by atoms with Crippen LogP contribution in [0.5, 0.6) is 0 Å². The zero-order valence-corrected chi connectivity index (χ0v) is 9.67. The molecule has 3 rings (SSSR count). The zero-order valence-electron chi connectivity index (χ0n) is 9.67. The lowest BCUT2D eigenvalue weighted by Crippen LogP contribution is -2.00. The minimum absolute atomic E-state index is 0.395.